The average Bonchev–Trinajstić information content (AvgIpc) is 3.26. The number of methoxy groups -OCH3 is 2. The van der Waals surface area contributed by atoms with Gasteiger partial charge in [-0.15, -0.1) is 0 Å². The monoisotopic (exact) mass is 427 g/mol. The highest BCUT2D eigenvalue weighted by molar-refractivity contribution is 5.97. The molecular weight excluding hydrogens is 402 g/mol. The number of hydrogen-bond donors (Lipinski definition) is 1. The third kappa shape index (κ3) is 4.49. The molecule has 1 amide bonds. The summed E-state index contributed by atoms with van der Waals surface area (Å²) in [4.78, 5) is 17.4. The molecule has 162 valence electrons. The lowest BCUT2D eigenvalue weighted by Gasteiger charge is -2.20. The molecule has 4 aromatic rings. The van der Waals surface area contributed by atoms with Crippen LogP contribution < -0.4 is 14.8 Å². The van der Waals surface area contributed by atoms with E-state index in [4.69, 9.17) is 9.47 Å². The topological polar surface area (TPSA) is 65.4 Å². The largest absolute Gasteiger partial charge is 0.497 e. The molecule has 0 aliphatic carbocycles. The molecule has 1 unspecified atom stereocenters. The van der Waals surface area contributed by atoms with Crippen LogP contribution in [0.4, 0.5) is 0 Å². The highest BCUT2D eigenvalue weighted by Crippen LogP contribution is 2.29. The van der Waals surface area contributed by atoms with E-state index in [0.717, 1.165) is 21.9 Å². The molecule has 0 fully saturated rings. The molecule has 6 heteroatoms. The molecule has 1 atom stereocenters. The molecule has 0 aliphatic heterocycles. The Balaban J connectivity index is 1.65. The van der Waals surface area contributed by atoms with Crippen LogP contribution in [0.2, 0.25) is 0 Å². The highest BCUT2D eigenvalue weighted by atomic mass is 16.5. The number of carbonyl (C=O) groups excluding carboxylic acids is 1. The molecule has 0 aliphatic rings. The van der Waals surface area contributed by atoms with Crippen molar-refractivity contribution < 1.29 is 14.3 Å². The second-order valence-electron chi connectivity index (χ2n) is 7.39. The van der Waals surface area contributed by atoms with Gasteiger partial charge in [0.15, 0.2) is 0 Å². The number of carbonyl (C=O) groups is 1. The van der Waals surface area contributed by atoms with E-state index in [9.17, 15) is 4.79 Å². The van der Waals surface area contributed by atoms with Gasteiger partial charge in [-0.1, -0.05) is 42.5 Å². The van der Waals surface area contributed by atoms with Gasteiger partial charge in [0, 0.05) is 31.6 Å². The summed E-state index contributed by atoms with van der Waals surface area (Å²) in [5.74, 6) is 1.75. The third-order valence-corrected chi connectivity index (χ3v) is 5.35. The minimum atomic E-state index is -0.483. The van der Waals surface area contributed by atoms with Gasteiger partial charge >= 0.3 is 0 Å². The summed E-state index contributed by atoms with van der Waals surface area (Å²) in [5.41, 5.74) is 1.79. The Morgan fingerprint density at radius 3 is 2.44 bits per heavy atom. The standard InChI is InChI=1S/C26H25N3O3/c1-29-14-13-27-26(29)25(20-15-21(31-2)17-22(16-20)32-3)28-24(30)12-11-19-9-6-8-18-7-4-5-10-23(18)19/h4-17,25H,1-3H3,(H,28,30)/b12-11+. The van der Waals surface area contributed by atoms with Gasteiger partial charge in [0.05, 0.1) is 14.2 Å². The maximum absolute atomic E-state index is 13.0. The Kier molecular flexibility index (Phi) is 6.22. The Morgan fingerprint density at radius 2 is 1.75 bits per heavy atom. The number of ether oxygens (including phenoxy) is 2. The van der Waals surface area contributed by atoms with Crippen LogP contribution in [0.1, 0.15) is 23.0 Å². The van der Waals surface area contributed by atoms with Crippen molar-refractivity contribution in [3.63, 3.8) is 0 Å². The van der Waals surface area contributed by atoms with Gasteiger partial charge in [0.2, 0.25) is 5.91 Å². The van der Waals surface area contributed by atoms with Crippen LogP contribution >= 0.6 is 0 Å². The minimum Gasteiger partial charge on any atom is -0.497 e. The van der Waals surface area contributed by atoms with Gasteiger partial charge in [-0.25, -0.2) is 4.98 Å². The van der Waals surface area contributed by atoms with Crippen LogP contribution in [0, 0.1) is 0 Å². The van der Waals surface area contributed by atoms with E-state index in [-0.39, 0.29) is 5.91 Å². The first-order valence-electron chi connectivity index (χ1n) is 10.3. The summed E-state index contributed by atoms with van der Waals surface area (Å²) < 4.78 is 12.7. The van der Waals surface area contributed by atoms with Crippen molar-refractivity contribution in [1.82, 2.24) is 14.9 Å². The van der Waals surface area contributed by atoms with Gasteiger partial charge in [-0.3, -0.25) is 4.79 Å². The predicted octanol–water partition coefficient (Wildman–Crippen LogP) is 4.51. The molecule has 1 aromatic heterocycles. The van der Waals surface area contributed by atoms with E-state index in [1.54, 1.807) is 32.6 Å². The van der Waals surface area contributed by atoms with Crippen molar-refractivity contribution in [3.05, 3.63) is 96.1 Å². The summed E-state index contributed by atoms with van der Waals surface area (Å²) in [7, 11) is 5.09. The van der Waals surface area contributed by atoms with Crippen molar-refractivity contribution >= 4 is 22.8 Å². The molecule has 6 nitrogen and oxygen atoms in total. The fraction of sp³-hybridized carbons (Fsp3) is 0.154. The number of benzene rings is 3. The molecule has 32 heavy (non-hydrogen) atoms. The Bertz CT molecular complexity index is 1250. The van der Waals surface area contributed by atoms with Crippen molar-refractivity contribution in [3.8, 4) is 11.5 Å². The molecule has 3 aromatic carbocycles. The van der Waals surface area contributed by atoms with Crippen molar-refractivity contribution in [2.75, 3.05) is 14.2 Å². The fourth-order valence-corrected chi connectivity index (χ4v) is 3.70. The number of rotatable bonds is 7. The van der Waals surface area contributed by atoms with Crippen molar-refractivity contribution in [1.29, 1.82) is 0 Å². The highest BCUT2D eigenvalue weighted by Gasteiger charge is 2.21. The molecule has 1 heterocycles. The number of nitrogens with zero attached hydrogens (tertiary/aromatic N) is 2. The molecule has 0 saturated heterocycles. The zero-order chi connectivity index (χ0) is 22.5. The molecule has 0 spiro atoms. The summed E-state index contributed by atoms with van der Waals surface area (Å²) in [5, 5.41) is 5.30. The fourth-order valence-electron chi connectivity index (χ4n) is 3.70. The summed E-state index contributed by atoms with van der Waals surface area (Å²) >= 11 is 0. The predicted molar refractivity (Wildman–Crippen MR) is 126 cm³/mol. The Labute approximate surface area is 187 Å². The van der Waals surface area contributed by atoms with Gasteiger partial charge in [0.1, 0.15) is 23.4 Å². The van der Waals surface area contributed by atoms with Gasteiger partial charge in [-0.2, -0.15) is 0 Å². The SMILES string of the molecule is COc1cc(OC)cc(C(NC(=O)/C=C/c2cccc3ccccc23)c2nccn2C)c1. The first-order valence-corrected chi connectivity index (χ1v) is 10.3. The zero-order valence-corrected chi connectivity index (χ0v) is 18.3. The lowest BCUT2D eigenvalue weighted by molar-refractivity contribution is -0.117. The first-order chi connectivity index (χ1) is 15.6. The zero-order valence-electron chi connectivity index (χ0n) is 18.3. The lowest BCUT2D eigenvalue weighted by Crippen LogP contribution is -2.29. The Morgan fingerprint density at radius 1 is 1.03 bits per heavy atom. The van der Waals surface area contributed by atoms with E-state index >= 15 is 0 Å². The van der Waals surface area contributed by atoms with Crippen LogP contribution in [0.5, 0.6) is 11.5 Å². The second-order valence-corrected chi connectivity index (χ2v) is 7.39. The first kappa shape index (κ1) is 21.2. The number of aromatic nitrogens is 2. The molecule has 0 bridgehead atoms. The van der Waals surface area contributed by atoms with Gasteiger partial charge < -0.3 is 19.4 Å². The van der Waals surface area contributed by atoms with Crippen LogP contribution in [0.25, 0.3) is 16.8 Å². The summed E-state index contributed by atoms with van der Waals surface area (Å²) in [6.07, 6.45) is 6.93. The van der Waals surface area contributed by atoms with Crippen LogP contribution in [0.15, 0.2) is 79.1 Å². The smallest absolute Gasteiger partial charge is 0.244 e. The second kappa shape index (κ2) is 9.39. The number of aryl methyl sites for hydroxylation is 1. The quantitative estimate of drug-likeness (QED) is 0.441. The minimum absolute atomic E-state index is 0.229. The number of nitrogens with one attached hydrogen (secondary N) is 1. The number of fused-ring (bicyclic) bond motifs is 1. The average molecular weight is 428 g/mol. The van der Waals surface area contributed by atoms with Crippen molar-refractivity contribution in [2.24, 2.45) is 7.05 Å². The van der Waals surface area contributed by atoms with Gasteiger partial charge in [-0.05, 0) is 40.1 Å². The maximum atomic E-state index is 13.0. The molecule has 0 saturated carbocycles. The summed E-state index contributed by atoms with van der Waals surface area (Å²) in [6, 6.07) is 19.2. The van der Waals surface area contributed by atoms with Crippen molar-refractivity contribution in [2.45, 2.75) is 6.04 Å². The number of hydrogen-bond acceptors (Lipinski definition) is 4. The van der Waals surface area contributed by atoms with E-state index in [1.807, 2.05) is 66.4 Å². The van der Waals surface area contributed by atoms with E-state index < -0.39 is 6.04 Å². The van der Waals surface area contributed by atoms with Crippen LogP contribution in [-0.4, -0.2) is 29.7 Å². The number of imidazole rings is 1. The molecule has 0 radical (unpaired) electrons. The molecule has 4 rings (SSSR count). The third-order valence-electron chi connectivity index (χ3n) is 5.35. The molecular formula is C26H25N3O3. The van der Waals surface area contributed by atoms with Crippen LogP contribution in [-0.2, 0) is 11.8 Å². The van der Waals surface area contributed by atoms with Gasteiger partial charge in [0.25, 0.3) is 0 Å². The normalized spacial score (nSPS) is 12.1. The van der Waals surface area contributed by atoms with E-state index in [0.29, 0.717) is 17.3 Å². The Hall–Kier alpha value is -4.06. The molecule has 1 N–H and O–H groups in total. The number of amides is 1. The van der Waals surface area contributed by atoms with E-state index in [1.165, 1.54) is 0 Å². The summed E-state index contributed by atoms with van der Waals surface area (Å²) in [6.45, 7) is 0. The lowest BCUT2D eigenvalue weighted by atomic mass is 10.0. The van der Waals surface area contributed by atoms with E-state index in [2.05, 4.69) is 22.4 Å². The maximum Gasteiger partial charge on any atom is 0.244 e. The van der Waals surface area contributed by atoms with Crippen LogP contribution in [0.3, 0.4) is 0 Å².